The summed E-state index contributed by atoms with van der Waals surface area (Å²) in [6, 6.07) is 23.5. The maximum absolute atomic E-state index is 12.7. The van der Waals surface area contributed by atoms with Crippen LogP contribution in [0.1, 0.15) is 28.8 Å². The molecule has 5 heteroatoms. The Hall–Kier alpha value is -3.31. The van der Waals surface area contributed by atoms with Crippen molar-refractivity contribution in [2.75, 3.05) is 18.8 Å². The predicted molar refractivity (Wildman–Crippen MR) is 116 cm³/mol. The number of carbonyl (C=O) groups is 1. The van der Waals surface area contributed by atoms with Crippen molar-refractivity contribution < 1.29 is 14.3 Å². The molecule has 0 aliphatic carbocycles. The minimum atomic E-state index is -0.650. The van der Waals surface area contributed by atoms with Gasteiger partial charge in [0, 0.05) is 42.7 Å². The predicted octanol–water partition coefficient (Wildman–Crippen LogP) is 4.48. The van der Waals surface area contributed by atoms with E-state index in [4.69, 9.17) is 15.2 Å². The maximum atomic E-state index is 12.7. The number of nitrogens with zero attached hydrogens (tertiary/aromatic N) is 1. The first-order chi connectivity index (χ1) is 14.6. The molecule has 3 aromatic rings. The lowest BCUT2D eigenvalue weighted by Gasteiger charge is -2.44. The van der Waals surface area contributed by atoms with Crippen LogP contribution in [0.25, 0.3) is 11.1 Å². The number of hydrogen-bond acceptors (Lipinski definition) is 4. The Balaban J connectivity index is 1.28. The molecule has 2 heterocycles. The lowest BCUT2D eigenvalue weighted by Crippen LogP contribution is -2.52. The third-order valence-corrected chi connectivity index (χ3v) is 5.92. The highest BCUT2D eigenvalue weighted by Gasteiger charge is 2.42. The number of hydrogen-bond donors (Lipinski definition) is 1. The number of piperidine rings is 1. The number of fused-ring (bicyclic) bond motifs is 1. The van der Waals surface area contributed by atoms with Crippen LogP contribution in [0, 0.1) is 0 Å². The molecule has 1 spiro atoms. The molecule has 5 rings (SSSR count). The zero-order valence-electron chi connectivity index (χ0n) is 16.7. The average Bonchev–Trinajstić information content (AvgIpc) is 2.80. The summed E-state index contributed by atoms with van der Waals surface area (Å²) in [6.07, 6.45) is 1.31. The van der Waals surface area contributed by atoms with E-state index in [0.29, 0.717) is 32.5 Å². The summed E-state index contributed by atoms with van der Waals surface area (Å²) in [5, 5.41) is 0. The van der Waals surface area contributed by atoms with E-state index in [0.717, 1.165) is 33.7 Å². The van der Waals surface area contributed by atoms with E-state index in [9.17, 15) is 4.79 Å². The first-order valence-electron chi connectivity index (χ1n) is 10.3. The van der Waals surface area contributed by atoms with Crippen molar-refractivity contribution in [3.8, 4) is 16.9 Å². The lowest BCUT2D eigenvalue weighted by molar-refractivity contribution is -0.225. The van der Waals surface area contributed by atoms with E-state index in [1.165, 1.54) is 0 Å². The van der Waals surface area contributed by atoms with Crippen LogP contribution in [-0.2, 0) is 11.3 Å². The second kappa shape index (κ2) is 7.50. The minimum Gasteiger partial charge on any atom is -0.462 e. The normalized spacial score (nSPS) is 17.3. The first-order valence-corrected chi connectivity index (χ1v) is 10.3. The Morgan fingerprint density at radius 1 is 0.900 bits per heavy atom. The van der Waals surface area contributed by atoms with Crippen molar-refractivity contribution in [3.63, 3.8) is 0 Å². The Labute approximate surface area is 176 Å². The van der Waals surface area contributed by atoms with E-state index in [-0.39, 0.29) is 5.91 Å². The third kappa shape index (κ3) is 3.53. The van der Waals surface area contributed by atoms with Gasteiger partial charge in [-0.3, -0.25) is 4.79 Å². The fraction of sp³-hybridized carbons (Fsp3) is 0.240. The molecule has 0 radical (unpaired) electrons. The summed E-state index contributed by atoms with van der Waals surface area (Å²) < 4.78 is 12.5. The Morgan fingerprint density at radius 3 is 2.33 bits per heavy atom. The fourth-order valence-electron chi connectivity index (χ4n) is 4.15. The van der Waals surface area contributed by atoms with Crippen LogP contribution in [0.3, 0.4) is 0 Å². The van der Waals surface area contributed by atoms with Crippen molar-refractivity contribution in [1.82, 2.24) is 4.90 Å². The lowest BCUT2D eigenvalue weighted by atomic mass is 9.98. The van der Waals surface area contributed by atoms with E-state index in [1.807, 2.05) is 65.6 Å². The van der Waals surface area contributed by atoms with Crippen LogP contribution in [0.15, 0.2) is 72.8 Å². The number of likely N-dealkylation sites (tertiary alicyclic amines) is 1. The molecule has 1 saturated heterocycles. The number of carbonyl (C=O) groups excluding carboxylic acids is 1. The highest BCUT2D eigenvalue weighted by Crippen LogP contribution is 2.39. The molecule has 0 saturated carbocycles. The topological polar surface area (TPSA) is 64.8 Å². The summed E-state index contributed by atoms with van der Waals surface area (Å²) in [4.78, 5) is 14.6. The van der Waals surface area contributed by atoms with Gasteiger partial charge in [0.25, 0.3) is 5.91 Å². The van der Waals surface area contributed by atoms with Crippen LogP contribution in [-0.4, -0.2) is 29.7 Å². The van der Waals surface area contributed by atoms with Gasteiger partial charge in [0.05, 0.1) is 6.61 Å². The molecular weight excluding hydrogens is 376 g/mol. The number of benzene rings is 3. The van der Waals surface area contributed by atoms with Crippen molar-refractivity contribution in [1.29, 1.82) is 0 Å². The molecule has 2 aliphatic rings. The SMILES string of the molecule is Nc1ccc(-c2ccc3c(c2)COC2(CCN(C(=O)c4ccccc4)CC2)O3)cc1. The number of rotatable bonds is 2. The van der Waals surface area contributed by atoms with Gasteiger partial charge in [-0.15, -0.1) is 0 Å². The third-order valence-electron chi connectivity index (χ3n) is 5.92. The highest BCUT2D eigenvalue weighted by molar-refractivity contribution is 5.94. The number of anilines is 1. The Morgan fingerprint density at radius 2 is 1.60 bits per heavy atom. The summed E-state index contributed by atoms with van der Waals surface area (Å²) in [5.41, 5.74) is 10.5. The van der Waals surface area contributed by atoms with Crippen LogP contribution in [0.5, 0.6) is 5.75 Å². The zero-order chi connectivity index (χ0) is 20.6. The van der Waals surface area contributed by atoms with Crippen molar-refractivity contribution >= 4 is 11.6 Å². The molecule has 1 amide bonds. The van der Waals surface area contributed by atoms with E-state index in [1.54, 1.807) is 0 Å². The Bertz CT molecular complexity index is 1060. The van der Waals surface area contributed by atoms with Crippen molar-refractivity contribution in [3.05, 3.63) is 83.9 Å². The number of ether oxygens (including phenoxy) is 2. The smallest absolute Gasteiger partial charge is 0.253 e. The Kier molecular flexibility index (Phi) is 4.68. The molecule has 0 aromatic heterocycles. The number of amides is 1. The van der Waals surface area contributed by atoms with E-state index < -0.39 is 5.79 Å². The fourth-order valence-corrected chi connectivity index (χ4v) is 4.15. The summed E-state index contributed by atoms with van der Waals surface area (Å²) in [5.74, 6) is 0.279. The van der Waals surface area contributed by atoms with Gasteiger partial charge < -0.3 is 20.1 Å². The molecule has 1 fully saturated rings. The molecule has 152 valence electrons. The maximum Gasteiger partial charge on any atom is 0.253 e. The van der Waals surface area contributed by atoms with Crippen molar-refractivity contribution in [2.24, 2.45) is 0 Å². The minimum absolute atomic E-state index is 0.0646. The molecule has 0 unspecified atom stereocenters. The van der Waals surface area contributed by atoms with Gasteiger partial charge in [0.15, 0.2) is 0 Å². The van der Waals surface area contributed by atoms with Gasteiger partial charge >= 0.3 is 0 Å². The van der Waals surface area contributed by atoms with Crippen LogP contribution in [0.4, 0.5) is 5.69 Å². The quantitative estimate of drug-likeness (QED) is 0.645. The van der Waals surface area contributed by atoms with Gasteiger partial charge in [-0.05, 0) is 47.5 Å². The number of nitrogens with two attached hydrogens (primary N) is 1. The summed E-state index contributed by atoms with van der Waals surface area (Å²) >= 11 is 0. The highest BCUT2D eigenvalue weighted by atomic mass is 16.7. The largest absolute Gasteiger partial charge is 0.462 e. The molecule has 5 nitrogen and oxygen atoms in total. The van der Waals surface area contributed by atoms with Gasteiger partial charge in [0.2, 0.25) is 5.79 Å². The number of nitrogen functional groups attached to an aromatic ring is 1. The molecule has 2 aliphatic heterocycles. The second-order valence-electron chi connectivity index (χ2n) is 7.90. The van der Waals surface area contributed by atoms with Crippen LogP contribution in [0.2, 0.25) is 0 Å². The summed E-state index contributed by atoms with van der Waals surface area (Å²) in [7, 11) is 0. The molecule has 3 aromatic carbocycles. The van der Waals surface area contributed by atoms with Gasteiger partial charge in [-0.2, -0.15) is 0 Å². The van der Waals surface area contributed by atoms with Crippen molar-refractivity contribution in [2.45, 2.75) is 25.2 Å². The molecule has 2 N–H and O–H groups in total. The van der Waals surface area contributed by atoms with Gasteiger partial charge in [-0.1, -0.05) is 36.4 Å². The van der Waals surface area contributed by atoms with E-state index >= 15 is 0 Å². The first kappa shape index (κ1) is 18.7. The van der Waals surface area contributed by atoms with Gasteiger partial charge in [0.1, 0.15) is 5.75 Å². The summed E-state index contributed by atoms with van der Waals surface area (Å²) in [6.45, 7) is 1.74. The zero-order valence-corrected chi connectivity index (χ0v) is 16.7. The average molecular weight is 400 g/mol. The molecule has 0 bridgehead atoms. The van der Waals surface area contributed by atoms with Crippen LogP contribution < -0.4 is 10.5 Å². The van der Waals surface area contributed by atoms with Crippen LogP contribution >= 0.6 is 0 Å². The monoisotopic (exact) mass is 400 g/mol. The molecule has 0 atom stereocenters. The second-order valence-corrected chi connectivity index (χ2v) is 7.90. The van der Waals surface area contributed by atoms with Gasteiger partial charge in [-0.25, -0.2) is 0 Å². The van der Waals surface area contributed by atoms with E-state index in [2.05, 4.69) is 12.1 Å². The molecular formula is C25H24N2O3. The molecule has 30 heavy (non-hydrogen) atoms. The standard InChI is InChI=1S/C25H24N2O3/c26-22-9-6-18(7-10-22)20-8-11-23-21(16-20)17-29-25(30-23)12-14-27(15-13-25)24(28)19-4-2-1-3-5-19/h1-11,16H,12-15,17,26H2.